The first-order valence-electron chi connectivity index (χ1n) is 8.89. The summed E-state index contributed by atoms with van der Waals surface area (Å²) >= 11 is 9.63. The highest BCUT2D eigenvalue weighted by atomic mass is 79.9. The lowest BCUT2D eigenvalue weighted by molar-refractivity contribution is -0.399. The molecule has 0 saturated carbocycles. The molecule has 2 nitrogen and oxygen atoms in total. The maximum absolute atomic E-state index is 5.93. The summed E-state index contributed by atoms with van der Waals surface area (Å²) in [6.07, 6.45) is 0. The van der Waals surface area contributed by atoms with Crippen molar-refractivity contribution in [3.05, 3.63) is 70.2 Å². The Morgan fingerprint density at radius 3 is 2.50 bits per heavy atom. The SMILES string of the molecule is CCN(CCCl)c1ccc(C2=[N+](C)c3ccc(Br)c4cccc2c34)cc1. The molecule has 1 aliphatic heterocycles. The van der Waals surface area contributed by atoms with Crippen molar-refractivity contribution in [3.63, 3.8) is 0 Å². The molecule has 0 atom stereocenters. The number of benzene rings is 3. The molecule has 0 aliphatic carbocycles. The number of halogens is 2. The maximum Gasteiger partial charge on any atom is 0.220 e. The van der Waals surface area contributed by atoms with Crippen LogP contribution >= 0.6 is 27.5 Å². The topological polar surface area (TPSA) is 6.25 Å². The second-order valence-corrected chi connectivity index (χ2v) is 7.75. The van der Waals surface area contributed by atoms with Crippen molar-refractivity contribution in [2.75, 3.05) is 30.9 Å². The largest absolute Gasteiger partial charge is 0.371 e. The van der Waals surface area contributed by atoms with Crippen molar-refractivity contribution >= 4 is 55.4 Å². The van der Waals surface area contributed by atoms with Crippen molar-refractivity contribution in [1.29, 1.82) is 0 Å². The van der Waals surface area contributed by atoms with Crippen molar-refractivity contribution in [2.45, 2.75) is 6.92 Å². The Morgan fingerprint density at radius 1 is 1.04 bits per heavy atom. The van der Waals surface area contributed by atoms with Crippen LogP contribution in [-0.2, 0) is 0 Å². The van der Waals surface area contributed by atoms with Gasteiger partial charge in [0.25, 0.3) is 0 Å². The number of anilines is 1. The lowest BCUT2D eigenvalue weighted by Crippen LogP contribution is -2.24. The number of rotatable bonds is 5. The summed E-state index contributed by atoms with van der Waals surface area (Å²) in [5, 5.41) is 2.58. The van der Waals surface area contributed by atoms with Gasteiger partial charge in [0, 0.05) is 46.1 Å². The lowest BCUT2D eigenvalue weighted by atomic mass is 9.98. The van der Waals surface area contributed by atoms with E-state index in [0.29, 0.717) is 5.88 Å². The first-order valence-corrected chi connectivity index (χ1v) is 10.2. The van der Waals surface area contributed by atoms with E-state index < -0.39 is 0 Å². The molecule has 26 heavy (non-hydrogen) atoms. The highest BCUT2D eigenvalue weighted by Crippen LogP contribution is 2.39. The third kappa shape index (κ3) is 2.74. The van der Waals surface area contributed by atoms with Crippen LogP contribution in [-0.4, -0.2) is 36.3 Å². The predicted molar refractivity (Wildman–Crippen MR) is 116 cm³/mol. The van der Waals surface area contributed by atoms with Crippen molar-refractivity contribution in [1.82, 2.24) is 0 Å². The Labute approximate surface area is 167 Å². The van der Waals surface area contributed by atoms with E-state index in [0.717, 1.165) is 17.6 Å². The third-order valence-electron chi connectivity index (χ3n) is 5.16. The minimum Gasteiger partial charge on any atom is -0.371 e. The fourth-order valence-corrected chi connectivity index (χ4v) is 4.55. The van der Waals surface area contributed by atoms with Crippen LogP contribution in [0.25, 0.3) is 10.8 Å². The van der Waals surface area contributed by atoms with E-state index in [1.807, 2.05) is 0 Å². The van der Waals surface area contributed by atoms with Gasteiger partial charge < -0.3 is 4.90 Å². The summed E-state index contributed by atoms with van der Waals surface area (Å²) in [6, 6.07) is 19.7. The number of nitrogens with zero attached hydrogens (tertiary/aromatic N) is 2. The molecule has 0 bridgehead atoms. The zero-order valence-electron chi connectivity index (χ0n) is 15.0. The Hall–Kier alpha value is -1.84. The van der Waals surface area contributed by atoms with Gasteiger partial charge in [-0.05, 0) is 43.3 Å². The van der Waals surface area contributed by atoms with E-state index >= 15 is 0 Å². The van der Waals surface area contributed by atoms with E-state index in [2.05, 4.69) is 94.0 Å². The smallest absolute Gasteiger partial charge is 0.220 e. The Bertz CT molecular complexity index is 1010. The van der Waals surface area contributed by atoms with E-state index in [1.54, 1.807) is 0 Å². The molecule has 3 aromatic carbocycles. The molecule has 4 heteroatoms. The first kappa shape index (κ1) is 17.6. The van der Waals surface area contributed by atoms with Crippen LogP contribution in [0.15, 0.2) is 59.1 Å². The van der Waals surface area contributed by atoms with Gasteiger partial charge in [-0.25, -0.2) is 0 Å². The van der Waals surface area contributed by atoms with Gasteiger partial charge in [0.2, 0.25) is 11.4 Å². The van der Waals surface area contributed by atoms with E-state index in [4.69, 9.17) is 11.6 Å². The average Bonchev–Trinajstić information content (AvgIpc) is 2.96. The predicted octanol–water partition coefficient (Wildman–Crippen LogP) is 5.79. The molecule has 0 amide bonds. The normalized spacial score (nSPS) is 12.9. The number of hydrogen-bond donors (Lipinski definition) is 0. The van der Waals surface area contributed by atoms with Crippen LogP contribution in [0.5, 0.6) is 0 Å². The summed E-state index contributed by atoms with van der Waals surface area (Å²) in [6.45, 7) is 3.99. The standard InChI is InChI=1S/C22H21BrClN2/c1-3-26(14-13-24)16-9-7-15(8-10-16)22-18-6-4-5-17-19(23)11-12-20(21(17)18)25(22)2/h4-12H,3,13-14H2,1-2H3/q+1. The second kappa shape index (κ2) is 7.05. The zero-order chi connectivity index (χ0) is 18.3. The van der Waals surface area contributed by atoms with E-state index in [-0.39, 0.29) is 0 Å². The van der Waals surface area contributed by atoms with Crippen molar-refractivity contribution in [3.8, 4) is 0 Å². The molecule has 132 valence electrons. The van der Waals surface area contributed by atoms with Gasteiger partial charge >= 0.3 is 0 Å². The molecule has 4 rings (SSSR count). The van der Waals surface area contributed by atoms with Crippen LogP contribution in [0.1, 0.15) is 18.1 Å². The highest BCUT2D eigenvalue weighted by molar-refractivity contribution is 9.10. The molecule has 1 aliphatic rings. The molecule has 0 fully saturated rings. The van der Waals surface area contributed by atoms with Gasteiger partial charge in [0.15, 0.2) is 0 Å². The molecule has 0 aromatic heterocycles. The van der Waals surface area contributed by atoms with Gasteiger partial charge in [-0.15, -0.1) is 11.6 Å². The van der Waals surface area contributed by atoms with Crippen LogP contribution < -0.4 is 4.90 Å². The molecule has 0 radical (unpaired) electrons. The summed E-state index contributed by atoms with van der Waals surface area (Å²) in [4.78, 5) is 2.30. The maximum atomic E-state index is 5.93. The van der Waals surface area contributed by atoms with Crippen LogP contribution in [0.3, 0.4) is 0 Å². The average molecular weight is 429 g/mol. The van der Waals surface area contributed by atoms with Gasteiger partial charge in [-0.1, -0.05) is 28.1 Å². The van der Waals surface area contributed by atoms with Crippen molar-refractivity contribution < 1.29 is 4.58 Å². The lowest BCUT2D eigenvalue weighted by Gasteiger charge is -2.21. The summed E-state index contributed by atoms with van der Waals surface area (Å²) < 4.78 is 3.44. The number of alkyl halides is 1. The van der Waals surface area contributed by atoms with E-state index in [1.165, 1.54) is 39.0 Å². The summed E-state index contributed by atoms with van der Waals surface area (Å²) in [5.74, 6) is 0.641. The molecule has 0 unspecified atom stereocenters. The molecule has 0 saturated heterocycles. The fraction of sp³-hybridized carbons (Fsp3) is 0.227. The Morgan fingerprint density at radius 2 is 1.81 bits per heavy atom. The molecule has 3 aromatic rings. The highest BCUT2D eigenvalue weighted by Gasteiger charge is 2.31. The van der Waals surface area contributed by atoms with Gasteiger partial charge in [0.05, 0.1) is 10.9 Å². The zero-order valence-corrected chi connectivity index (χ0v) is 17.3. The fourth-order valence-electron chi connectivity index (χ4n) is 3.88. The minimum atomic E-state index is 0.641. The monoisotopic (exact) mass is 427 g/mol. The molecular weight excluding hydrogens is 408 g/mol. The van der Waals surface area contributed by atoms with Crippen LogP contribution in [0.4, 0.5) is 11.4 Å². The number of hydrogen-bond acceptors (Lipinski definition) is 1. The molecule has 0 spiro atoms. The van der Waals surface area contributed by atoms with Crippen LogP contribution in [0.2, 0.25) is 0 Å². The first-order chi connectivity index (χ1) is 12.7. The van der Waals surface area contributed by atoms with Gasteiger partial charge in [0.1, 0.15) is 7.05 Å². The van der Waals surface area contributed by atoms with E-state index in [9.17, 15) is 0 Å². The summed E-state index contributed by atoms with van der Waals surface area (Å²) in [5.41, 5.74) is 6.27. The second-order valence-electron chi connectivity index (χ2n) is 6.52. The van der Waals surface area contributed by atoms with Crippen molar-refractivity contribution in [2.24, 2.45) is 0 Å². The Kier molecular flexibility index (Phi) is 4.76. The molecule has 1 heterocycles. The molecular formula is C22H21BrClN2+. The minimum absolute atomic E-state index is 0.641. The summed E-state index contributed by atoms with van der Waals surface area (Å²) in [7, 11) is 2.15. The molecule has 0 N–H and O–H groups in total. The quantitative estimate of drug-likeness (QED) is 0.368. The Balaban J connectivity index is 1.80. The van der Waals surface area contributed by atoms with Gasteiger partial charge in [-0.3, -0.25) is 0 Å². The third-order valence-corrected chi connectivity index (χ3v) is 6.02. The van der Waals surface area contributed by atoms with Crippen LogP contribution in [0, 0.1) is 0 Å². The van der Waals surface area contributed by atoms with Gasteiger partial charge in [-0.2, -0.15) is 4.58 Å².